The first kappa shape index (κ1) is 17.6. The Balaban J connectivity index is 0.00000169. The summed E-state index contributed by atoms with van der Waals surface area (Å²) >= 11 is 6.17. The van der Waals surface area contributed by atoms with Crippen LogP contribution in [-0.4, -0.2) is 24.1 Å². The summed E-state index contributed by atoms with van der Waals surface area (Å²) in [6.45, 7) is 3.18. The van der Waals surface area contributed by atoms with E-state index in [9.17, 15) is 4.79 Å². The smallest absolute Gasteiger partial charge is 0.314 e. The maximum absolute atomic E-state index is 12.6. The first-order valence-corrected chi connectivity index (χ1v) is 8.74. The van der Waals surface area contributed by atoms with E-state index in [1.807, 2.05) is 25.1 Å². The second-order valence-electron chi connectivity index (χ2n) is 6.57. The number of aromatic amines is 1. The molecule has 0 spiro atoms. The summed E-state index contributed by atoms with van der Waals surface area (Å²) in [5.74, 6) is -0.0618. The van der Waals surface area contributed by atoms with Gasteiger partial charge in [-0.05, 0) is 56.5 Å². The average molecular weight is 369 g/mol. The minimum absolute atomic E-state index is 0. The maximum atomic E-state index is 12.6. The van der Waals surface area contributed by atoms with Crippen LogP contribution in [0.5, 0.6) is 0 Å². The van der Waals surface area contributed by atoms with Gasteiger partial charge in [0.05, 0.1) is 18.1 Å². The van der Waals surface area contributed by atoms with Crippen LogP contribution in [0, 0.1) is 5.41 Å². The molecule has 1 unspecified atom stereocenters. The summed E-state index contributed by atoms with van der Waals surface area (Å²) in [4.78, 5) is 16.2. The van der Waals surface area contributed by atoms with Crippen LogP contribution in [0.15, 0.2) is 18.2 Å². The summed E-state index contributed by atoms with van der Waals surface area (Å²) in [7, 11) is 0. The van der Waals surface area contributed by atoms with Crippen molar-refractivity contribution in [1.82, 2.24) is 10.3 Å². The molecule has 1 aromatic heterocycles. The van der Waals surface area contributed by atoms with E-state index in [0.717, 1.165) is 48.5 Å². The normalized spacial score (nSPS) is 21.5. The van der Waals surface area contributed by atoms with Gasteiger partial charge in [0.1, 0.15) is 0 Å². The third-order valence-corrected chi connectivity index (χ3v) is 5.63. The van der Waals surface area contributed by atoms with Crippen LogP contribution >= 0.6 is 24.0 Å². The highest BCUT2D eigenvalue weighted by molar-refractivity contribution is 6.31. The number of ether oxygens (including phenoxy) is 1. The zero-order chi connectivity index (χ0) is 16.0. The topological polar surface area (TPSA) is 54.1 Å². The number of fused-ring (bicyclic) bond motifs is 3. The highest BCUT2D eigenvalue weighted by Gasteiger charge is 2.53. The highest BCUT2D eigenvalue weighted by Crippen LogP contribution is 2.53. The number of rotatable bonds is 3. The van der Waals surface area contributed by atoms with Crippen molar-refractivity contribution in [3.8, 4) is 0 Å². The highest BCUT2D eigenvalue weighted by atomic mass is 35.5. The predicted molar refractivity (Wildman–Crippen MR) is 97.9 cm³/mol. The lowest BCUT2D eigenvalue weighted by atomic mass is 9.62. The Hall–Kier alpha value is -1.23. The van der Waals surface area contributed by atoms with Gasteiger partial charge in [0.15, 0.2) is 0 Å². The number of aromatic nitrogens is 1. The van der Waals surface area contributed by atoms with Crippen molar-refractivity contribution in [2.24, 2.45) is 5.41 Å². The van der Waals surface area contributed by atoms with Crippen molar-refractivity contribution >= 4 is 40.9 Å². The summed E-state index contributed by atoms with van der Waals surface area (Å²) in [5, 5.41) is 5.49. The van der Waals surface area contributed by atoms with Crippen molar-refractivity contribution < 1.29 is 9.53 Å². The molecule has 2 N–H and O–H groups in total. The molecule has 1 aliphatic heterocycles. The molecule has 1 saturated carbocycles. The molecular formula is C18H22Cl2N2O2. The molecule has 0 amide bonds. The van der Waals surface area contributed by atoms with E-state index in [4.69, 9.17) is 16.3 Å². The molecule has 2 aliphatic rings. The number of benzene rings is 1. The van der Waals surface area contributed by atoms with Crippen LogP contribution < -0.4 is 5.32 Å². The molecule has 4 rings (SSSR count). The minimum Gasteiger partial charge on any atom is -0.466 e. The summed E-state index contributed by atoms with van der Waals surface area (Å²) in [6.07, 6.45) is 3.81. The molecule has 0 bridgehead atoms. The second-order valence-corrected chi connectivity index (χ2v) is 7.01. The Morgan fingerprint density at radius 3 is 2.88 bits per heavy atom. The molecule has 2 heterocycles. The molecule has 2 aromatic rings. The molecule has 130 valence electrons. The SMILES string of the molecule is CCOC(=O)C1(C2NCCc3c2[nH]c2ccc(Cl)cc32)CCC1.Cl. The van der Waals surface area contributed by atoms with Crippen molar-refractivity contribution in [3.63, 3.8) is 0 Å². The van der Waals surface area contributed by atoms with E-state index in [1.54, 1.807) is 0 Å². The van der Waals surface area contributed by atoms with Gasteiger partial charge in [0, 0.05) is 21.6 Å². The molecule has 0 radical (unpaired) electrons. The Bertz CT molecular complexity index is 768. The zero-order valence-electron chi connectivity index (χ0n) is 13.7. The van der Waals surface area contributed by atoms with Crippen molar-refractivity contribution in [3.05, 3.63) is 34.5 Å². The number of carbonyl (C=O) groups is 1. The zero-order valence-corrected chi connectivity index (χ0v) is 15.2. The number of esters is 1. The number of carbonyl (C=O) groups excluding carboxylic acids is 1. The van der Waals surface area contributed by atoms with E-state index in [2.05, 4.69) is 10.3 Å². The molecule has 4 nitrogen and oxygen atoms in total. The number of hydrogen-bond donors (Lipinski definition) is 2. The van der Waals surface area contributed by atoms with Crippen LogP contribution in [0.4, 0.5) is 0 Å². The Labute approximate surface area is 152 Å². The van der Waals surface area contributed by atoms with Gasteiger partial charge in [-0.2, -0.15) is 0 Å². The van der Waals surface area contributed by atoms with Gasteiger partial charge in [0.2, 0.25) is 0 Å². The van der Waals surface area contributed by atoms with Gasteiger partial charge < -0.3 is 15.0 Å². The summed E-state index contributed by atoms with van der Waals surface area (Å²) in [5.41, 5.74) is 3.10. The summed E-state index contributed by atoms with van der Waals surface area (Å²) < 4.78 is 5.40. The van der Waals surface area contributed by atoms with Crippen LogP contribution in [0.1, 0.15) is 43.5 Å². The van der Waals surface area contributed by atoms with E-state index in [-0.39, 0.29) is 24.4 Å². The summed E-state index contributed by atoms with van der Waals surface area (Å²) in [6, 6.07) is 5.95. The Kier molecular flexibility index (Phi) is 4.82. The third kappa shape index (κ3) is 2.52. The van der Waals surface area contributed by atoms with Crippen molar-refractivity contribution in [2.75, 3.05) is 13.2 Å². The molecular weight excluding hydrogens is 347 g/mol. The average Bonchev–Trinajstić information content (AvgIpc) is 2.85. The first-order chi connectivity index (χ1) is 11.2. The fourth-order valence-corrected chi connectivity index (χ4v) is 4.29. The van der Waals surface area contributed by atoms with Gasteiger partial charge in [-0.3, -0.25) is 4.79 Å². The van der Waals surface area contributed by atoms with Crippen LogP contribution in [-0.2, 0) is 16.0 Å². The van der Waals surface area contributed by atoms with Gasteiger partial charge in [0.25, 0.3) is 0 Å². The van der Waals surface area contributed by atoms with Crippen molar-refractivity contribution in [2.45, 2.75) is 38.6 Å². The number of hydrogen-bond acceptors (Lipinski definition) is 3. The van der Waals surface area contributed by atoms with E-state index in [1.165, 1.54) is 10.9 Å². The third-order valence-electron chi connectivity index (χ3n) is 5.39. The molecule has 1 atom stereocenters. The minimum atomic E-state index is -0.421. The maximum Gasteiger partial charge on any atom is 0.314 e. The van der Waals surface area contributed by atoms with Gasteiger partial charge in [-0.25, -0.2) is 0 Å². The molecule has 0 saturated heterocycles. The Morgan fingerprint density at radius 1 is 1.42 bits per heavy atom. The predicted octanol–water partition coefficient (Wildman–Crippen LogP) is 4.16. The standard InChI is InChI=1S/C18H21ClN2O2.ClH/c1-2-23-17(22)18(7-3-8-18)16-15-12(6-9-20-16)13-10-11(19)4-5-14(13)21-15;/h4-5,10,16,20-21H,2-3,6-9H2,1H3;1H. The van der Waals surface area contributed by atoms with Gasteiger partial charge in [-0.1, -0.05) is 18.0 Å². The monoisotopic (exact) mass is 368 g/mol. The quantitative estimate of drug-likeness (QED) is 0.799. The number of H-pyrrole nitrogens is 1. The molecule has 1 fully saturated rings. The van der Waals surface area contributed by atoms with E-state index < -0.39 is 5.41 Å². The first-order valence-electron chi connectivity index (χ1n) is 8.36. The van der Waals surface area contributed by atoms with E-state index in [0.29, 0.717) is 6.61 Å². The lowest BCUT2D eigenvalue weighted by Gasteiger charge is -2.46. The van der Waals surface area contributed by atoms with Gasteiger partial charge >= 0.3 is 5.97 Å². The fourth-order valence-electron chi connectivity index (χ4n) is 4.11. The van der Waals surface area contributed by atoms with Crippen molar-refractivity contribution in [1.29, 1.82) is 0 Å². The van der Waals surface area contributed by atoms with Crippen LogP contribution in [0.2, 0.25) is 5.02 Å². The lowest BCUT2D eigenvalue weighted by molar-refractivity contribution is -0.164. The number of halogens is 2. The van der Waals surface area contributed by atoms with Crippen LogP contribution in [0.3, 0.4) is 0 Å². The van der Waals surface area contributed by atoms with Gasteiger partial charge in [-0.15, -0.1) is 12.4 Å². The fraction of sp³-hybridized carbons (Fsp3) is 0.500. The molecule has 24 heavy (non-hydrogen) atoms. The van der Waals surface area contributed by atoms with Crippen LogP contribution in [0.25, 0.3) is 10.9 Å². The molecule has 1 aliphatic carbocycles. The number of nitrogens with one attached hydrogen (secondary N) is 2. The second kappa shape index (κ2) is 6.58. The molecule has 1 aromatic carbocycles. The largest absolute Gasteiger partial charge is 0.466 e. The lowest BCUT2D eigenvalue weighted by Crippen LogP contribution is -2.51. The van der Waals surface area contributed by atoms with E-state index >= 15 is 0 Å². The molecule has 6 heteroatoms. The Morgan fingerprint density at radius 2 is 2.21 bits per heavy atom.